The third-order valence-corrected chi connectivity index (χ3v) is 3.32. The van der Waals surface area contributed by atoms with Crippen molar-refractivity contribution in [1.29, 1.82) is 5.26 Å². The summed E-state index contributed by atoms with van der Waals surface area (Å²) in [6.07, 6.45) is 0. The molecule has 3 nitrogen and oxygen atoms in total. The van der Waals surface area contributed by atoms with E-state index in [4.69, 9.17) is 16.9 Å². The molecule has 0 heterocycles. The highest BCUT2D eigenvalue weighted by atomic mass is 35.5. The number of carbonyl (C=O) groups is 1. The number of nitrogens with zero attached hydrogens (tertiary/aromatic N) is 2. The van der Waals surface area contributed by atoms with E-state index in [0.29, 0.717) is 5.02 Å². The van der Waals surface area contributed by atoms with E-state index in [0.717, 1.165) is 5.56 Å². The zero-order chi connectivity index (χ0) is 13.9. The maximum absolute atomic E-state index is 12.2. The molecule has 0 N–H and O–H groups in total. The largest absolute Gasteiger partial charge is 0.338 e. The van der Waals surface area contributed by atoms with E-state index in [1.807, 2.05) is 25.1 Å². The minimum absolute atomic E-state index is 0.0950. The van der Waals surface area contributed by atoms with Crippen LogP contribution in [0.15, 0.2) is 24.3 Å². The van der Waals surface area contributed by atoms with Crippen molar-refractivity contribution in [1.82, 2.24) is 4.90 Å². The number of hydrogen-bond acceptors (Lipinski definition) is 2. The molecule has 0 saturated carbocycles. The summed E-state index contributed by atoms with van der Waals surface area (Å²) in [5, 5.41) is 9.65. The Morgan fingerprint density at radius 1 is 1.39 bits per heavy atom. The smallest absolute Gasteiger partial charge is 0.242 e. The van der Waals surface area contributed by atoms with Gasteiger partial charge in [0, 0.05) is 12.1 Å². The lowest BCUT2D eigenvalue weighted by Crippen LogP contribution is -2.39. The number of amides is 1. The van der Waals surface area contributed by atoms with Crippen molar-refractivity contribution in [2.24, 2.45) is 5.41 Å². The molecule has 0 spiro atoms. The fourth-order valence-electron chi connectivity index (χ4n) is 1.63. The third kappa shape index (κ3) is 3.02. The molecule has 0 fully saturated rings. The molecule has 0 aromatic heterocycles. The lowest BCUT2D eigenvalue weighted by atomic mass is 9.93. The zero-order valence-corrected chi connectivity index (χ0v) is 11.8. The van der Waals surface area contributed by atoms with Crippen molar-refractivity contribution in [3.05, 3.63) is 34.9 Å². The highest BCUT2D eigenvalue weighted by Gasteiger charge is 2.32. The van der Waals surface area contributed by atoms with Crippen LogP contribution in [0.1, 0.15) is 32.4 Å². The zero-order valence-electron chi connectivity index (χ0n) is 11.1. The Labute approximate surface area is 113 Å². The Hall–Kier alpha value is -1.53. The molecule has 1 rings (SSSR count). The molecule has 0 radical (unpaired) electrons. The summed E-state index contributed by atoms with van der Waals surface area (Å²) < 4.78 is 0. The van der Waals surface area contributed by atoms with Gasteiger partial charge in [0.05, 0.1) is 12.1 Å². The van der Waals surface area contributed by atoms with E-state index in [2.05, 4.69) is 0 Å². The van der Waals surface area contributed by atoms with Gasteiger partial charge in [0.2, 0.25) is 5.91 Å². The standard InChI is InChI=1S/C14H17ClN2O/c1-10(11-5-7-12(15)8-6-11)17(4)13(18)14(2,3)9-16/h5-8,10H,1-4H3. The highest BCUT2D eigenvalue weighted by Crippen LogP contribution is 2.25. The summed E-state index contributed by atoms with van der Waals surface area (Å²) in [5.41, 5.74) is -0.0147. The van der Waals surface area contributed by atoms with Gasteiger partial charge in [-0.25, -0.2) is 0 Å². The summed E-state index contributed by atoms with van der Waals surface area (Å²) in [6.45, 7) is 5.18. The molecule has 0 aliphatic carbocycles. The Bertz CT molecular complexity index is 474. The van der Waals surface area contributed by atoms with E-state index < -0.39 is 5.41 Å². The van der Waals surface area contributed by atoms with Crippen molar-refractivity contribution >= 4 is 17.5 Å². The van der Waals surface area contributed by atoms with E-state index in [1.165, 1.54) is 0 Å². The molecule has 1 aromatic rings. The Morgan fingerprint density at radius 2 is 1.89 bits per heavy atom. The lowest BCUT2D eigenvalue weighted by Gasteiger charge is -2.29. The van der Waals surface area contributed by atoms with E-state index >= 15 is 0 Å². The average molecular weight is 265 g/mol. The fourth-order valence-corrected chi connectivity index (χ4v) is 1.76. The van der Waals surface area contributed by atoms with Crippen LogP contribution in [-0.2, 0) is 4.79 Å². The lowest BCUT2D eigenvalue weighted by molar-refractivity contribution is -0.138. The van der Waals surface area contributed by atoms with Gasteiger partial charge in [0.1, 0.15) is 5.41 Å². The van der Waals surface area contributed by atoms with Gasteiger partial charge in [0.25, 0.3) is 0 Å². The summed E-state index contributed by atoms with van der Waals surface area (Å²) in [6, 6.07) is 9.29. The first-order chi connectivity index (χ1) is 8.29. The van der Waals surface area contributed by atoms with Crippen LogP contribution in [0.25, 0.3) is 0 Å². The van der Waals surface area contributed by atoms with Crippen molar-refractivity contribution < 1.29 is 4.79 Å². The quantitative estimate of drug-likeness (QED) is 0.840. The van der Waals surface area contributed by atoms with Gasteiger partial charge >= 0.3 is 0 Å². The van der Waals surface area contributed by atoms with Gasteiger partial charge in [-0.1, -0.05) is 23.7 Å². The summed E-state index contributed by atoms with van der Waals surface area (Å²) >= 11 is 5.83. The molecule has 4 heteroatoms. The van der Waals surface area contributed by atoms with Crippen LogP contribution in [-0.4, -0.2) is 17.9 Å². The number of benzene rings is 1. The fraction of sp³-hybridized carbons (Fsp3) is 0.429. The molecule has 18 heavy (non-hydrogen) atoms. The normalized spacial score (nSPS) is 12.7. The van der Waals surface area contributed by atoms with Crippen molar-refractivity contribution in [2.45, 2.75) is 26.8 Å². The van der Waals surface area contributed by atoms with Crippen LogP contribution < -0.4 is 0 Å². The van der Waals surface area contributed by atoms with Crippen molar-refractivity contribution in [2.75, 3.05) is 7.05 Å². The number of hydrogen-bond donors (Lipinski definition) is 0. The SMILES string of the molecule is CC(c1ccc(Cl)cc1)N(C)C(=O)C(C)(C)C#N. The second kappa shape index (κ2) is 5.41. The summed E-state index contributed by atoms with van der Waals surface area (Å²) in [4.78, 5) is 13.7. The molecule has 0 aliphatic heterocycles. The van der Waals surface area contributed by atoms with Gasteiger partial charge in [-0.15, -0.1) is 0 Å². The minimum Gasteiger partial charge on any atom is -0.338 e. The van der Waals surface area contributed by atoms with Gasteiger partial charge < -0.3 is 4.90 Å². The second-order valence-electron chi connectivity index (χ2n) is 4.88. The number of rotatable bonds is 3. The first-order valence-corrected chi connectivity index (χ1v) is 6.11. The Balaban J connectivity index is 2.91. The van der Waals surface area contributed by atoms with E-state index in [9.17, 15) is 4.79 Å². The van der Waals surface area contributed by atoms with E-state index in [1.54, 1.807) is 37.9 Å². The number of nitriles is 1. The van der Waals surface area contributed by atoms with Gasteiger partial charge in [-0.2, -0.15) is 5.26 Å². The van der Waals surface area contributed by atoms with Crippen LogP contribution in [0, 0.1) is 16.7 Å². The maximum atomic E-state index is 12.2. The predicted octanol–water partition coefficient (Wildman–Crippen LogP) is 3.41. The maximum Gasteiger partial charge on any atom is 0.242 e. The molecule has 1 amide bonds. The molecular formula is C14H17ClN2O. The first-order valence-electron chi connectivity index (χ1n) is 5.73. The molecule has 1 aromatic carbocycles. The van der Waals surface area contributed by atoms with E-state index in [-0.39, 0.29) is 11.9 Å². The monoisotopic (exact) mass is 264 g/mol. The van der Waals surface area contributed by atoms with Crippen LogP contribution in [0.4, 0.5) is 0 Å². The minimum atomic E-state index is -1.00. The summed E-state index contributed by atoms with van der Waals surface area (Å²) in [5.74, 6) is -0.188. The summed E-state index contributed by atoms with van der Waals surface area (Å²) in [7, 11) is 1.71. The van der Waals surface area contributed by atoms with Crippen LogP contribution in [0.2, 0.25) is 5.02 Å². The molecule has 0 aliphatic rings. The molecule has 1 atom stereocenters. The predicted molar refractivity (Wildman–Crippen MR) is 72.0 cm³/mol. The number of carbonyl (C=O) groups excluding carboxylic acids is 1. The van der Waals surface area contributed by atoms with Gasteiger partial charge in [-0.05, 0) is 38.5 Å². The molecule has 1 unspecified atom stereocenters. The topological polar surface area (TPSA) is 44.1 Å². The highest BCUT2D eigenvalue weighted by molar-refractivity contribution is 6.30. The van der Waals surface area contributed by atoms with Crippen LogP contribution in [0.5, 0.6) is 0 Å². The van der Waals surface area contributed by atoms with Crippen LogP contribution in [0.3, 0.4) is 0 Å². The molecule has 96 valence electrons. The Morgan fingerprint density at radius 3 is 2.33 bits per heavy atom. The second-order valence-corrected chi connectivity index (χ2v) is 5.32. The van der Waals surface area contributed by atoms with Gasteiger partial charge in [-0.3, -0.25) is 4.79 Å². The molecule has 0 saturated heterocycles. The van der Waals surface area contributed by atoms with Gasteiger partial charge in [0.15, 0.2) is 0 Å². The first kappa shape index (κ1) is 14.5. The number of halogens is 1. The van der Waals surface area contributed by atoms with Crippen LogP contribution >= 0.6 is 11.6 Å². The molecule has 0 bridgehead atoms. The van der Waals surface area contributed by atoms with Crippen molar-refractivity contribution in [3.63, 3.8) is 0 Å². The Kier molecular flexibility index (Phi) is 4.37. The van der Waals surface area contributed by atoms with Crippen molar-refractivity contribution in [3.8, 4) is 6.07 Å². The average Bonchev–Trinajstić information content (AvgIpc) is 2.37. The third-order valence-electron chi connectivity index (χ3n) is 3.07. The molecular weight excluding hydrogens is 248 g/mol.